The zero-order chi connectivity index (χ0) is 15.0. The number of halogens is 1. The summed E-state index contributed by atoms with van der Waals surface area (Å²) in [5.74, 6) is 2.00. The van der Waals surface area contributed by atoms with Crippen LogP contribution in [0.4, 0.5) is 5.82 Å². The number of nitrogens with zero attached hydrogens (tertiary/aromatic N) is 3. The highest BCUT2D eigenvalue weighted by molar-refractivity contribution is 8.01. The van der Waals surface area contributed by atoms with E-state index in [2.05, 4.69) is 9.97 Å². The fraction of sp³-hybridized carbons (Fsp3) is 0.385. The van der Waals surface area contributed by atoms with E-state index in [1.807, 2.05) is 29.2 Å². The highest BCUT2D eigenvalue weighted by Gasteiger charge is 2.33. The van der Waals surface area contributed by atoms with Crippen molar-refractivity contribution in [1.29, 1.82) is 0 Å². The Morgan fingerprint density at radius 2 is 2.10 bits per heavy atom. The van der Waals surface area contributed by atoms with Crippen molar-refractivity contribution in [3.63, 3.8) is 0 Å². The second-order valence-electron chi connectivity index (χ2n) is 4.89. The summed E-state index contributed by atoms with van der Waals surface area (Å²) in [6.45, 7) is 0.625. The lowest BCUT2D eigenvalue weighted by molar-refractivity contribution is 0.584. The van der Waals surface area contributed by atoms with Gasteiger partial charge in [0.25, 0.3) is 0 Å². The Kier molecular flexibility index (Phi) is 3.98. The molecule has 1 atom stereocenters. The van der Waals surface area contributed by atoms with Gasteiger partial charge in [0, 0.05) is 29.7 Å². The maximum absolute atomic E-state index is 12.1. The molecule has 3 rings (SSSR count). The van der Waals surface area contributed by atoms with Crippen molar-refractivity contribution in [1.82, 2.24) is 9.97 Å². The second kappa shape index (κ2) is 5.62. The molecule has 21 heavy (non-hydrogen) atoms. The van der Waals surface area contributed by atoms with Crippen LogP contribution in [0.15, 0.2) is 24.3 Å². The molecule has 2 aromatic rings. The van der Waals surface area contributed by atoms with Crippen LogP contribution in [0.2, 0.25) is 5.28 Å². The molecule has 0 amide bonds. The Balaban J connectivity index is 2.18. The van der Waals surface area contributed by atoms with Gasteiger partial charge in [-0.25, -0.2) is 13.4 Å². The minimum absolute atomic E-state index is 0.133. The maximum Gasteiger partial charge on any atom is 0.224 e. The van der Waals surface area contributed by atoms with E-state index in [-0.39, 0.29) is 5.28 Å². The van der Waals surface area contributed by atoms with Gasteiger partial charge in [-0.1, -0.05) is 12.1 Å². The Morgan fingerprint density at radius 1 is 1.33 bits per heavy atom. The van der Waals surface area contributed by atoms with Gasteiger partial charge >= 0.3 is 0 Å². The van der Waals surface area contributed by atoms with Crippen LogP contribution in [-0.4, -0.2) is 48.1 Å². The Labute approximate surface area is 132 Å². The molecule has 0 spiro atoms. The number of para-hydroxylation sites is 1. The second-order valence-corrected chi connectivity index (χ2v) is 8.58. The van der Waals surface area contributed by atoms with Crippen LogP contribution >= 0.6 is 23.4 Å². The molecule has 8 heteroatoms. The molecule has 0 aliphatic carbocycles. The minimum atomic E-state index is -3.20. The molecule has 1 fully saturated rings. The van der Waals surface area contributed by atoms with E-state index < -0.39 is 15.2 Å². The van der Waals surface area contributed by atoms with Gasteiger partial charge in [-0.2, -0.15) is 16.7 Å². The number of fused-ring (bicyclic) bond motifs is 1. The Morgan fingerprint density at radius 3 is 2.86 bits per heavy atom. The van der Waals surface area contributed by atoms with E-state index in [0.717, 1.165) is 16.7 Å². The van der Waals surface area contributed by atoms with E-state index in [9.17, 15) is 8.42 Å². The van der Waals surface area contributed by atoms with Gasteiger partial charge in [-0.05, 0) is 23.7 Å². The van der Waals surface area contributed by atoms with Crippen LogP contribution in [0, 0.1) is 0 Å². The van der Waals surface area contributed by atoms with E-state index in [1.54, 1.807) is 11.8 Å². The zero-order valence-corrected chi connectivity index (χ0v) is 13.7. The van der Waals surface area contributed by atoms with Crippen molar-refractivity contribution >= 4 is 49.9 Å². The minimum Gasteiger partial charge on any atom is -0.338 e. The number of anilines is 1. The lowest BCUT2D eigenvalue weighted by Gasteiger charge is -2.35. The molecule has 1 aliphatic heterocycles. The third-order valence-electron chi connectivity index (χ3n) is 3.41. The van der Waals surface area contributed by atoms with Crippen molar-refractivity contribution in [3.8, 4) is 0 Å². The molecular weight excluding hydrogens is 330 g/mol. The van der Waals surface area contributed by atoms with Crippen LogP contribution in [0.25, 0.3) is 10.9 Å². The van der Waals surface area contributed by atoms with Crippen LogP contribution in [0.3, 0.4) is 0 Å². The molecule has 0 radical (unpaired) electrons. The molecule has 112 valence electrons. The fourth-order valence-electron chi connectivity index (χ4n) is 2.43. The normalized spacial score (nSPS) is 19.9. The molecular formula is C13H14ClN3O2S2. The summed E-state index contributed by atoms with van der Waals surface area (Å²) in [5.41, 5.74) is 0.720. The first-order valence-corrected chi connectivity index (χ1v) is 9.91. The van der Waals surface area contributed by atoms with Gasteiger partial charge in [0.15, 0.2) is 9.84 Å². The third-order valence-corrected chi connectivity index (χ3v) is 6.22. The highest BCUT2D eigenvalue weighted by atomic mass is 35.5. The average Bonchev–Trinajstić information content (AvgIpc) is 2.45. The van der Waals surface area contributed by atoms with Crippen molar-refractivity contribution in [3.05, 3.63) is 29.5 Å². The molecule has 0 N–H and O–H groups in total. The number of benzene rings is 1. The maximum atomic E-state index is 12.1. The molecule has 1 aromatic heterocycles. The largest absolute Gasteiger partial charge is 0.338 e. The van der Waals surface area contributed by atoms with Gasteiger partial charge in [0.05, 0.1) is 5.52 Å². The number of thioether (sulfide) groups is 1. The molecule has 1 unspecified atom stereocenters. The number of aromatic nitrogens is 2. The first-order chi connectivity index (χ1) is 9.97. The van der Waals surface area contributed by atoms with Gasteiger partial charge in [0.2, 0.25) is 5.28 Å². The number of rotatable bonds is 2. The molecule has 0 saturated carbocycles. The molecule has 0 bridgehead atoms. The Bertz CT molecular complexity index is 782. The zero-order valence-electron chi connectivity index (χ0n) is 11.4. The summed E-state index contributed by atoms with van der Waals surface area (Å²) in [7, 11) is -3.20. The van der Waals surface area contributed by atoms with E-state index in [4.69, 9.17) is 11.6 Å². The first-order valence-electron chi connectivity index (χ1n) is 6.42. The summed E-state index contributed by atoms with van der Waals surface area (Å²) < 4.78 is 24.1. The average molecular weight is 344 g/mol. The SMILES string of the molecule is CS(=O)(=O)C1CSCCN1c1nc(Cl)nc2ccccc12. The summed E-state index contributed by atoms with van der Waals surface area (Å²) in [6, 6.07) is 7.50. The summed E-state index contributed by atoms with van der Waals surface area (Å²) >= 11 is 7.64. The van der Waals surface area contributed by atoms with E-state index in [1.165, 1.54) is 6.26 Å². The molecule has 1 aliphatic rings. The van der Waals surface area contributed by atoms with E-state index >= 15 is 0 Å². The lowest BCUT2D eigenvalue weighted by atomic mass is 10.2. The van der Waals surface area contributed by atoms with Crippen molar-refractivity contribution in [2.24, 2.45) is 0 Å². The predicted molar refractivity (Wildman–Crippen MR) is 87.9 cm³/mol. The van der Waals surface area contributed by atoms with Crippen molar-refractivity contribution in [2.75, 3.05) is 29.2 Å². The van der Waals surface area contributed by atoms with Crippen LogP contribution in [0.1, 0.15) is 0 Å². The van der Waals surface area contributed by atoms with Gasteiger partial charge in [-0.3, -0.25) is 0 Å². The first kappa shape index (κ1) is 14.9. The number of hydrogen-bond donors (Lipinski definition) is 0. The smallest absolute Gasteiger partial charge is 0.224 e. The van der Waals surface area contributed by atoms with Gasteiger partial charge in [-0.15, -0.1) is 0 Å². The van der Waals surface area contributed by atoms with E-state index in [0.29, 0.717) is 18.1 Å². The van der Waals surface area contributed by atoms with Crippen LogP contribution in [-0.2, 0) is 9.84 Å². The molecule has 1 saturated heterocycles. The molecule has 1 aromatic carbocycles. The number of sulfone groups is 1. The summed E-state index contributed by atoms with van der Waals surface area (Å²) in [6.07, 6.45) is 1.27. The van der Waals surface area contributed by atoms with Crippen molar-refractivity contribution in [2.45, 2.75) is 5.37 Å². The Hall–Kier alpha value is -1.05. The molecule has 2 heterocycles. The highest BCUT2D eigenvalue weighted by Crippen LogP contribution is 2.31. The predicted octanol–water partition coefficient (Wildman–Crippen LogP) is 2.21. The topological polar surface area (TPSA) is 63.2 Å². The summed E-state index contributed by atoms with van der Waals surface area (Å²) in [5, 5.41) is 0.377. The van der Waals surface area contributed by atoms with Crippen LogP contribution in [0.5, 0.6) is 0 Å². The molecule has 5 nitrogen and oxygen atoms in total. The monoisotopic (exact) mass is 343 g/mol. The number of hydrogen-bond acceptors (Lipinski definition) is 6. The standard InChI is InChI=1S/C13H14ClN3O2S2/c1-21(18,19)11-8-20-7-6-17(11)12-9-4-2-3-5-10(9)15-13(14)16-12/h2-5,11H,6-8H2,1H3. The fourth-order valence-corrected chi connectivity index (χ4v) is 5.42. The lowest BCUT2D eigenvalue weighted by Crippen LogP contribution is -2.47. The third kappa shape index (κ3) is 2.95. The van der Waals surface area contributed by atoms with Crippen LogP contribution < -0.4 is 4.90 Å². The van der Waals surface area contributed by atoms with Gasteiger partial charge in [0.1, 0.15) is 11.2 Å². The van der Waals surface area contributed by atoms with Crippen molar-refractivity contribution < 1.29 is 8.42 Å². The quantitative estimate of drug-likeness (QED) is 0.779. The van der Waals surface area contributed by atoms with Gasteiger partial charge < -0.3 is 4.90 Å². The summed E-state index contributed by atoms with van der Waals surface area (Å²) in [4.78, 5) is 10.3.